The van der Waals surface area contributed by atoms with Crippen molar-refractivity contribution in [3.8, 4) is 0 Å². The second-order valence-electron chi connectivity index (χ2n) is 3.12. The van der Waals surface area contributed by atoms with E-state index in [0.29, 0.717) is 0 Å². The summed E-state index contributed by atoms with van der Waals surface area (Å²) in [6.07, 6.45) is -0.0593. The van der Waals surface area contributed by atoms with Crippen LogP contribution in [0.25, 0.3) is 0 Å². The van der Waals surface area contributed by atoms with Crippen LogP contribution in [0.15, 0.2) is 0 Å². The maximum Gasteiger partial charge on any atom is 0.198 e. The van der Waals surface area contributed by atoms with Crippen molar-refractivity contribution < 1.29 is 19.2 Å². The number of Topliss-reactive ketones (excluding diaryl/α,β-unsaturated/α-hetero) is 4. The van der Waals surface area contributed by atoms with E-state index in [9.17, 15) is 19.2 Å². The van der Waals surface area contributed by atoms with E-state index in [2.05, 4.69) is 0 Å². The highest BCUT2D eigenvalue weighted by Crippen LogP contribution is 1.99. The molecule has 4 heteroatoms. The van der Waals surface area contributed by atoms with Gasteiger partial charge in [0.05, 0.1) is 6.42 Å². The number of rotatable bonds is 7. The Morgan fingerprint density at radius 2 is 1.50 bits per heavy atom. The minimum absolute atomic E-state index is 0.00977. The van der Waals surface area contributed by atoms with E-state index < -0.39 is 11.6 Å². The van der Waals surface area contributed by atoms with Gasteiger partial charge in [-0.25, -0.2) is 0 Å². The Morgan fingerprint density at radius 3 is 1.93 bits per heavy atom. The van der Waals surface area contributed by atoms with E-state index >= 15 is 0 Å². The molecule has 0 aliphatic rings. The minimum atomic E-state index is -0.524. The van der Waals surface area contributed by atoms with Crippen LogP contribution in [0.1, 0.15) is 39.5 Å². The molecule has 0 unspecified atom stereocenters. The van der Waals surface area contributed by atoms with Crippen LogP contribution < -0.4 is 0 Å². The fourth-order valence-electron chi connectivity index (χ4n) is 0.956. The molecular formula is C10H14O4. The van der Waals surface area contributed by atoms with Crippen molar-refractivity contribution in [1.82, 2.24) is 0 Å². The molecule has 0 aromatic rings. The summed E-state index contributed by atoms with van der Waals surface area (Å²) in [7, 11) is 0. The van der Waals surface area contributed by atoms with Gasteiger partial charge >= 0.3 is 0 Å². The van der Waals surface area contributed by atoms with Crippen LogP contribution in [0.4, 0.5) is 0 Å². The Hall–Kier alpha value is -1.32. The summed E-state index contributed by atoms with van der Waals surface area (Å²) in [5, 5.41) is 0. The van der Waals surface area contributed by atoms with Crippen LogP contribution in [-0.2, 0) is 19.2 Å². The summed E-state index contributed by atoms with van der Waals surface area (Å²) in [6, 6.07) is 0. The fourth-order valence-corrected chi connectivity index (χ4v) is 0.956. The molecule has 0 amide bonds. The average molecular weight is 198 g/mol. The molecule has 0 aromatic heterocycles. The highest BCUT2D eigenvalue weighted by atomic mass is 16.2. The third-order valence-electron chi connectivity index (χ3n) is 1.71. The SMILES string of the molecule is CCC(=O)C(=O)CCC(=O)CC(C)=O. The van der Waals surface area contributed by atoms with Gasteiger partial charge in [0.2, 0.25) is 0 Å². The maximum absolute atomic E-state index is 11.0. The number of carbonyl (C=O) groups excluding carboxylic acids is 4. The van der Waals surface area contributed by atoms with Gasteiger partial charge in [0.1, 0.15) is 11.6 Å². The van der Waals surface area contributed by atoms with Gasteiger partial charge in [0, 0.05) is 19.3 Å². The molecule has 0 aliphatic heterocycles. The Balaban J connectivity index is 3.83. The molecule has 0 radical (unpaired) electrons. The molecule has 78 valence electrons. The van der Waals surface area contributed by atoms with Crippen molar-refractivity contribution in [2.45, 2.75) is 39.5 Å². The first-order valence-corrected chi connectivity index (χ1v) is 4.54. The van der Waals surface area contributed by atoms with Crippen LogP contribution in [0, 0.1) is 0 Å². The fraction of sp³-hybridized carbons (Fsp3) is 0.600. The Morgan fingerprint density at radius 1 is 0.929 bits per heavy atom. The van der Waals surface area contributed by atoms with Gasteiger partial charge in [-0.05, 0) is 6.92 Å². The molecule has 0 N–H and O–H groups in total. The number of carbonyl (C=O) groups is 4. The van der Waals surface area contributed by atoms with Gasteiger partial charge in [0.25, 0.3) is 0 Å². The molecule has 0 aromatic carbocycles. The molecule has 0 saturated heterocycles. The zero-order chi connectivity index (χ0) is 11.1. The van der Waals surface area contributed by atoms with Crippen LogP contribution in [0.2, 0.25) is 0 Å². The van der Waals surface area contributed by atoms with Crippen molar-refractivity contribution in [2.75, 3.05) is 0 Å². The van der Waals surface area contributed by atoms with Crippen molar-refractivity contribution in [3.63, 3.8) is 0 Å². The Bertz CT molecular complexity index is 265. The van der Waals surface area contributed by atoms with E-state index in [4.69, 9.17) is 0 Å². The van der Waals surface area contributed by atoms with E-state index in [1.165, 1.54) is 6.92 Å². The van der Waals surface area contributed by atoms with Gasteiger partial charge in [0.15, 0.2) is 11.6 Å². The van der Waals surface area contributed by atoms with Crippen molar-refractivity contribution in [1.29, 1.82) is 0 Å². The molecule has 0 aliphatic carbocycles. The predicted octanol–water partition coefficient (Wildman–Crippen LogP) is 0.863. The van der Waals surface area contributed by atoms with Crippen LogP contribution in [-0.4, -0.2) is 23.1 Å². The standard InChI is InChI=1S/C10H14O4/c1-3-9(13)10(14)5-4-8(12)6-7(2)11/h3-6H2,1-2H3. The smallest absolute Gasteiger partial charge is 0.198 e. The summed E-state index contributed by atoms with van der Waals surface area (Å²) in [5.74, 6) is -1.48. The molecule has 0 rings (SSSR count). The third kappa shape index (κ3) is 5.35. The van der Waals surface area contributed by atoms with Crippen LogP contribution in [0.5, 0.6) is 0 Å². The highest BCUT2D eigenvalue weighted by molar-refractivity contribution is 6.37. The normalized spacial score (nSPS) is 9.57. The first-order chi connectivity index (χ1) is 6.47. The lowest BCUT2D eigenvalue weighted by Gasteiger charge is -1.97. The van der Waals surface area contributed by atoms with E-state index in [1.807, 2.05) is 0 Å². The lowest BCUT2D eigenvalue weighted by molar-refractivity contribution is -0.137. The molecule has 0 saturated carbocycles. The van der Waals surface area contributed by atoms with E-state index in [1.54, 1.807) is 6.92 Å². The van der Waals surface area contributed by atoms with E-state index in [0.717, 1.165) is 0 Å². The predicted molar refractivity (Wildman–Crippen MR) is 49.8 cm³/mol. The summed E-state index contributed by atoms with van der Waals surface area (Å²) < 4.78 is 0. The first kappa shape index (κ1) is 12.7. The quantitative estimate of drug-likeness (QED) is 0.449. The Kier molecular flexibility index (Phi) is 5.60. The summed E-state index contributed by atoms with van der Waals surface area (Å²) in [6.45, 7) is 2.91. The first-order valence-electron chi connectivity index (χ1n) is 4.54. The zero-order valence-electron chi connectivity index (χ0n) is 8.46. The minimum Gasteiger partial charge on any atom is -0.300 e. The second kappa shape index (κ2) is 6.18. The molecule has 0 fully saturated rings. The largest absolute Gasteiger partial charge is 0.300 e. The van der Waals surface area contributed by atoms with Gasteiger partial charge in [-0.2, -0.15) is 0 Å². The third-order valence-corrected chi connectivity index (χ3v) is 1.71. The summed E-state index contributed by atoms with van der Waals surface area (Å²) >= 11 is 0. The lowest BCUT2D eigenvalue weighted by Crippen LogP contribution is -2.14. The van der Waals surface area contributed by atoms with Gasteiger partial charge < -0.3 is 0 Å². The molecule has 0 heterocycles. The topological polar surface area (TPSA) is 68.3 Å². The maximum atomic E-state index is 11.0. The highest BCUT2D eigenvalue weighted by Gasteiger charge is 2.13. The van der Waals surface area contributed by atoms with Gasteiger partial charge in [-0.1, -0.05) is 6.92 Å². The summed E-state index contributed by atoms with van der Waals surface area (Å²) in [4.78, 5) is 43.3. The molecular weight excluding hydrogens is 184 g/mol. The molecule has 0 atom stereocenters. The van der Waals surface area contributed by atoms with Crippen molar-refractivity contribution in [3.05, 3.63) is 0 Å². The molecule has 0 bridgehead atoms. The molecule has 4 nitrogen and oxygen atoms in total. The molecule has 14 heavy (non-hydrogen) atoms. The monoisotopic (exact) mass is 198 g/mol. The van der Waals surface area contributed by atoms with Crippen molar-refractivity contribution in [2.24, 2.45) is 0 Å². The number of hydrogen-bond donors (Lipinski definition) is 0. The second-order valence-corrected chi connectivity index (χ2v) is 3.12. The molecule has 0 spiro atoms. The number of ketones is 4. The summed E-state index contributed by atoms with van der Waals surface area (Å²) in [5.41, 5.74) is 0. The zero-order valence-corrected chi connectivity index (χ0v) is 8.46. The lowest BCUT2D eigenvalue weighted by atomic mass is 10.1. The van der Waals surface area contributed by atoms with Gasteiger partial charge in [-0.15, -0.1) is 0 Å². The number of hydrogen-bond acceptors (Lipinski definition) is 4. The average Bonchev–Trinajstić information content (AvgIpc) is 2.11. The Labute approximate surface area is 82.7 Å². The van der Waals surface area contributed by atoms with Crippen LogP contribution >= 0.6 is 0 Å². The van der Waals surface area contributed by atoms with Crippen LogP contribution in [0.3, 0.4) is 0 Å². The van der Waals surface area contributed by atoms with Gasteiger partial charge in [-0.3, -0.25) is 19.2 Å². The van der Waals surface area contributed by atoms with Crippen molar-refractivity contribution >= 4 is 23.1 Å². The van der Waals surface area contributed by atoms with E-state index in [-0.39, 0.29) is 37.2 Å².